The third-order valence-corrected chi connectivity index (χ3v) is 6.94. The van der Waals surface area contributed by atoms with Crippen LogP contribution in [0.3, 0.4) is 0 Å². The average molecular weight is 538 g/mol. The van der Waals surface area contributed by atoms with Gasteiger partial charge in [0.25, 0.3) is 5.91 Å². The van der Waals surface area contributed by atoms with Gasteiger partial charge in [-0.1, -0.05) is 42.3 Å². The van der Waals surface area contributed by atoms with Crippen molar-refractivity contribution in [2.24, 2.45) is 0 Å². The first-order valence-electron chi connectivity index (χ1n) is 10.4. The van der Waals surface area contributed by atoms with E-state index < -0.39 is 27.8 Å². The molecule has 0 bridgehead atoms. The molecule has 13 heteroatoms. The summed E-state index contributed by atoms with van der Waals surface area (Å²) in [6, 6.07) is 8.08. The molecule has 0 saturated carbocycles. The Hall–Kier alpha value is -3.28. The van der Waals surface area contributed by atoms with Crippen molar-refractivity contribution in [3.05, 3.63) is 70.2 Å². The second-order valence-corrected chi connectivity index (χ2v) is 10.2. The van der Waals surface area contributed by atoms with Crippen LogP contribution < -0.4 is 10.6 Å². The Bertz CT molecular complexity index is 1320. The van der Waals surface area contributed by atoms with Crippen LogP contribution in [0.4, 0.5) is 11.5 Å². The van der Waals surface area contributed by atoms with Gasteiger partial charge in [-0.15, -0.1) is 0 Å². The zero-order valence-electron chi connectivity index (χ0n) is 18.4. The number of carbonyl (C=O) groups excluding carboxylic acids is 1. The number of rotatable bonds is 10. The molecule has 0 fully saturated rings. The van der Waals surface area contributed by atoms with Crippen LogP contribution >= 0.6 is 23.2 Å². The van der Waals surface area contributed by atoms with E-state index in [2.05, 4.69) is 25.6 Å². The fourth-order valence-electron chi connectivity index (χ4n) is 3.14. The molecule has 0 aliphatic rings. The minimum absolute atomic E-state index is 0.0168. The number of hydrogen-bond acceptors (Lipinski definition) is 8. The number of aromatic nitrogens is 3. The smallest absolute Gasteiger partial charge is 0.326 e. The summed E-state index contributed by atoms with van der Waals surface area (Å²) in [6.07, 6.45) is 2.92. The van der Waals surface area contributed by atoms with E-state index in [0.29, 0.717) is 17.7 Å². The van der Waals surface area contributed by atoms with E-state index in [9.17, 15) is 23.1 Å². The second kappa shape index (κ2) is 11.4. The summed E-state index contributed by atoms with van der Waals surface area (Å²) in [5, 5.41) is 14.9. The van der Waals surface area contributed by atoms with E-state index in [1.807, 2.05) is 0 Å². The molecule has 10 nitrogen and oxygen atoms in total. The summed E-state index contributed by atoms with van der Waals surface area (Å²) in [5.74, 6) is -1.90. The Morgan fingerprint density at radius 3 is 2.29 bits per heavy atom. The Balaban J connectivity index is 1.73. The van der Waals surface area contributed by atoms with Crippen LogP contribution in [-0.2, 0) is 21.1 Å². The Labute approximate surface area is 211 Å². The number of sulfone groups is 1. The molecule has 3 rings (SSSR count). The average Bonchev–Trinajstić information content (AvgIpc) is 2.79. The molecule has 184 valence electrons. The largest absolute Gasteiger partial charge is 0.480 e. The Morgan fingerprint density at radius 2 is 1.69 bits per heavy atom. The monoisotopic (exact) mass is 537 g/mol. The predicted octanol–water partition coefficient (Wildman–Crippen LogP) is 3.72. The summed E-state index contributed by atoms with van der Waals surface area (Å²) in [7, 11) is -3.72. The number of anilines is 2. The van der Waals surface area contributed by atoms with Crippen molar-refractivity contribution < 1.29 is 23.1 Å². The Kier molecular flexibility index (Phi) is 8.60. The zero-order valence-corrected chi connectivity index (χ0v) is 20.7. The highest BCUT2D eigenvalue weighted by atomic mass is 35.5. The van der Waals surface area contributed by atoms with Gasteiger partial charge in [0, 0.05) is 30.1 Å². The lowest BCUT2D eigenvalue weighted by molar-refractivity contribution is -0.137. The van der Waals surface area contributed by atoms with Crippen molar-refractivity contribution in [1.29, 1.82) is 0 Å². The lowest BCUT2D eigenvalue weighted by Crippen LogP contribution is -2.33. The number of pyridine rings is 1. The molecule has 0 unspecified atom stereocenters. The minimum Gasteiger partial charge on any atom is -0.480 e. The summed E-state index contributed by atoms with van der Waals surface area (Å²) in [4.78, 5) is 36.0. The van der Waals surface area contributed by atoms with E-state index in [4.69, 9.17) is 23.2 Å². The summed E-state index contributed by atoms with van der Waals surface area (Å²) in [6.45, 7) is 1.72. The second-order valence-electron chi connectivity index (χ2n) is 7.42. The van der Waals surface area contributed by atoms with Gasteiger partial charge in [-0.2, -0.15) is 0 Å². The maximum atomic E-state index is 12.5. The number of benzene rings is 1. The van der Waals surface area contributed by atoms with Crippen LogP contribution in [0.15, 0.2) is 53.8 Å². The molecular weight excluding hydrogens is 517 g/mol. The maximum absolute atomic E-state index is 12.5. The molecule has 0 aliphatic carbocycles. The molecule has 35 heavy (non-hydrogen) atoms. The fourth-order valence-corrected chi connectivity index (χ4v) is 4.96. The first-order chi connectivity index (χ1) is 16.6. The minimum atomic E-state index is -3.72. The number of carbonyl (C=O) groups is 2. The molecule has 2 heterocycles. The van der Waals surface area contributed by atoms with Crippen LogP contribution in [0.1, 0.15) is 29.3 Å². The zero-order chi connectivity index (χ0) is 25.6. The molecule has 0 aliphatic heterocycles. The van der Waals surface area contributed by atoms with Crippen LogP contribution in [0.5, 0.6) is 0 Å². The predicted molar refractivity (Wildman–Crippen MR) is 132 cm³/mol. The number of aliphatic carboxylic acids is 1. The van der Waals surface area contributed by atoms with Crippen molar-refractivity contribution in [3.8, 4) is 0 Å². The van der Waals surface area contributed by atoms with E-state index in [1.165, 1.54) is 24.5 Å². The molecule has 3 N–H and O–H groups in total. The SMILES string of the molecule is CCCS(=O)(=O)c1nccnc1N[C@@H](Cc1ccc(NC(=O)c2cc(Cl)nc(Cl)c2)cc1)C(=O)O. The number of carboxylic acid groups (broad SMARTS) is 1. The number of halogens is 2. The lowest BCUT2D eigenvalue weighted by Gasteiger charge is -2.17. The topological polar surface area (TPSA) is 151 Å². The third kappa shape index (κ3) is 7.10. The first kappa shape index (κ1) is 26.3. The molecule has 1 aromatic carbocycles. The van der Waals surface area contributed by atoms with E-state index in [1.54, 1.807) is 31.2 Å². The molecule has 0 radical (unpaired) electrons. The van der Waals surface area contributed by atoms with Gasteiger partial charge in [0.05, 0.1) is 5.75 Å². The van der Waals surface area contributed by atoms with E-state index in [0.717, 1.165) is 0 Å². The standard InChI is InChI=1S/C22H21Cl2N5O5S/c1-2-9-35(33,34)21-19(25-7-8-26-21)28-16(22(31)32)10-13-3-5-15(6-4-13)27-20(30)14-11-17(23)29-18(24)12-14/h3-8,11-12,16H,2,9-10H2,1H3,(H,25,28)(H,27,30)(H,31,32)/t16-/m0/s1. The summed E-state index contributed by atoms with van der Waals surface area (Å²) in [5.41, 5.74) is 1.32. The van der Waals surface area contributed by atoms with Crippen LogP contribution in [-0.4, -0.2) is 52.1 Å². The van der Waals surface area contributed by atoms with Gasteiger partial charge in [-0.25, -0.2) is 28.2 Å². The first-order valence-corrected chi connectivity index (χ1v) is 12.8. The van der Waals surface area contributed by atoms with Gasteiger partial charge < -0.3 is 15.7 Å². The fraction of sp³-hybridized carbons (Fsp3) is 0.227. The van der Waals surface area contributed by atoms with Crippen LogP contribution in [0.25, 0.3) is 0 Å². The normalized spacial score (nSPS) is 12.1. The highest BCUT2D eigenvalue weighted by molar-refractivity contribution is 7.91. The number of nitrogens with zero attached hydrogens (tertiary/aromatic N) is 3. The van der Waals surface area contributed by atoms with Crippen LogP contribution in [0, 0.1) is 0 Å². The molecule has 0 spiro atoms. The lowest BCUT2D eigenvalue weighted by atomic mass is 10.1. The van der Waals surface area contributed by atoms with Crippen molar-refractivity contribution >= 4 is 56.4 Å². The molecular formula is C22H21Cl2N5O5S. The molecule has 2 aromatic heterocycles. The Morgan fingerprint density at radius 1 is 1.06 bits per heavy atom. The third-order valence-electron chi connectivity index (χ3n) is 4.72. The maximum Gasteiger partial charge on any atom is 0.326 e. The molecule has 0 saturated heterocycles. The number of nitrogens with one attached hydrogen (secondary N) is 2. The highest BCUT2D eigenvalue weighted by Crippen LogP contribution is 2.21. The van der Waals surface area contributed by atoms with Crippen molar-refractivity contribution in [2.45, 2.75) is 30.8 Å². The molecule has 1 atom stereocenters. The van der Waals surface area contributed by atoms with Gasteiger partial charge in [0.15, 0.2) is 20.7 Å². The molecule has 3 aromatic rings. The quantitative estimate of drug-likeness (QED) is 0.328. The van der Waals surface area contributed by atoms with Crippen molar-refractivity contribution in [2.75, 3.05) is 16.4 Å². The number of hydrogen-bond donors (Lipinski definition) is 3. The van der Waals surface area contributed by atoms with E-state index >= 15 is 0 Å². The number of amides is 1. The van der Waals surface area contributed by atoms with E-state index in [-0.39, 0.29) is 38.9 Å². The summed E-state index contributed by atoms with van der Waals surface area (Å²) < 4.78 is 25.0. The molecule has 1 amide bonds. The van der Waals surface area contributed by atoms with Crippen molar-refractivity contribution in [1.82, 2.24) is 15.0 Å². The van der Waals surface area contributed by atoms with Crippen molar-refractivity contribution in [3.63, 3.8) is 0 Å². The van der Waals surface area contributed by atoms with Gasteiger partial charge in [0.2, 0.25) is 0 Å². The van der Waals surface area contributed by atoms with Gasteiger partial charge >= 0.3 is 5.97 Å². The number of carboxylic acids is 1. The van der Waals surface area contributed by atoms with Crippen LogP contribution in [0.2, 0.25) is 10.3 Å². The van der Waals surface area contributed by atoms with Gasteiger partial charge in [-0.05, 0) is 36.2 Å². The van der Waals surface area contributed by atoms with Gasteiger partial charge in [0.1, 0.15) is 16.3 Å². The summed E-state index contributed by atoms with van der Waals surface area (Å²) >= 11 is 11.7. The highest BCUT2D eigenvalue weighted by Gasteiger charge is 2.25. The van der Waals surface area contributed by atoms with Gasteiger partial charge in [-0.3, -0.25) is 4.79 Å².